The van der Waals surface area contributed by atoms with Crippen molar-refractivity contribution in [3.8, 4) is 0 Å². The van der Waals surface area contributed by atoms with Crippen LogP contribution in [-0.4, -0.2) is 47.1 Å². The number of amides is 2. The maximum Gasteiger partial charge on any atom is 0.249 e. The average molecular weight is 461 g/mol. The van der Waals surface area contributed by atoms with Crippen LogP contribution in [0.3, 0.4) is 0 Å². The predicted molar refractivity (Wildman–Crippen MR) is 125 cm³/mol. The van der Waals surface area contributed by atoms with Gasteiger partial charge < -0.3 is 10.1 Å². The fourth-order valence-corrected chi connectivity index (χ4v) is 3.70. The van der Waals surface area contributed by atoms with Gasteiger partial charge in [-0.2, -0.15) is 0 Å². The Kier molecular flexibility index (Phi) is 7.24. The Morgan fingerprint density at radius 3 is 2.47 bits per heavy atom. The number of fused-ring (bicyclic) bond motifs is 1. The fraction of sp³-hybridized carbons (Fsp3) is 0.200. The van der Waals surface area contributed by atoms with Crippen LogP contribution in [-0.2, 0) is 20.9 Å². The minimum Gasteiger partial charge on any atom is -0.383 e. The van der Waals surface area contributed by atoms with E-state index in [4.69, 9.17) is 4.74 Å². The molecule has 1 N–H and O–H groups in total. The Balaban J connectivity index is 1.75. The largest absolute Gasteiger partial charge is 0.383 e. The molecule has 0 fully saturated rings. The third-order valence-electron chi connectivity index (χ3n) is 5.31. The Morgan fingerprint density at radius 2 is 1.74 bits per heavy atom. The van der Waals surface area contributed by atoms with Crippen molar-refractivity contribution in [2.75, 3.05) is 25.2 Å². The highest BCUT2D eigenvalue weighted by molar-refractivity contribution is 6.01. The summed E-state index contributed by atoms with van der Waals surface area (Å²) in [4.78, 5) is 28.5. The number of carbonyl (C=O) groups excluding carboxylic acids is 2. The maximum absolute atomic E-state index is 13.7. The molecule has 3 aromatic carbocycles. The van der Waals surface area contributed by atoms with Crippen LogP contribution < -0.4 is 10.2 Å². The number of anilines is 1. The number of halogens is 1. The second kappa shape index (κ2) is 10.7. The van der Waals surface area contributed by atoms with Gasteiger partial charge in [0.05, 0.1) is 12.1 Å². The van der Waals surface area contributed by atoms with Crippen LogP contribution >= 0.6 is 0 Å². The first kappa shape index (κ1) is 23.1. The van der Waals surface area contributed by atoms with E-state index in [2.05, 4.69) is 15.6 Å². The Labute approximate surface area is 195 Å². The second-order valence-corrected chi connectivity index (χ2v) is 7.57. The van der Waals surface area contributed by atoms with Gasteiger partial charge in [0, 0.05) is 19.3 Å². The fourth-order valence-electron chi connectivity index (χ4n) is 3.70. The zero-order chi connectivity index (χ0) is 23.9. The molecule has 0 bridgehead atoms. The van der Waals surface area contributed by atoms with Gasteiger partial charge in [0.1, 0.15) is 23.9 Å². The highest BCUT2D eigenvalue weighted by Crippen LogP contribution is 2.29. The molecular weight excluding hydrogens is 437 g/mol. The highest BCUT2D eigenvalue weighted by Gasteiger charge is 2.33. The third kappa shape index (κ3) is 5.10. The average Bonchev–Trinajstić information content (AvgIpc) is 3.26. The number of nitrogens with zero attached hydrogens (tertiary/aromatic N) is 4. The van der Waals surface area contributed by atoms with Crippen LogP contribution in [0.25, 0.3) is 11.0 Å². The summed E-state index contributed by atoms with van der Waals surface area (Å²) in [5.41, 5.74) is 2.35. The Bertz CT molecular complexity index is 1260. The quantitative estimate of drug-likeness (QED) is 0.387. The molecular formula is C25H24FN5O3. The minimum absolute atomic E-state index is 0.140. The van der Waals surface area contributed by atoms with E-state index in [1.807, 2.05) is 30.3 Å². The van der Waals surface area contributed by atoms with E-state index >= 15 is 0 Å². The topological polar surface area (TPSA) is 89.4 Å². The van der Waals surface area contributed by atoms with E-state index in [0.717, 1.165) is 0 Å². The van der Waals surface area contributed by atoms with E-state index in [-0.39, 0.29) is 19.0 Å². The molecule has 34 heavy (non-hydrogen) atoms. The summed E-state index contributed by atoms with van der Waals surface area (Å²) >= 11 is 0. The SMILES string of the molecule is COCCNC(=O)[C@@H](c1ccc(F)cc1)N(C(=O)Cn1nnc2ccccc21)c1ccccc1. The van der Waals surface area contributed by atoms with E-state index in [9.17, 15) is 14.0 Å². The summed E-state index contributed by atoms with van der Waals surface area (Å²) in [7, 11) is 1.53. The van der Waals surface area contributed by atoms with Crippen molar-refractivity contribution in [1.29, 1.82) is 0 Å². The van der Waals surface area contributed by atoms with Crippen molar-refractivity contribution in [2.24, 2.45) is 0 Å². The van der Waals surface area contributed by atoms with Gasteiger partial charge >= 0.3 is 0 Å². The number of hydrogen-bond donors (Lipinski definition) is 1. The smallest absolute Gasteiger partial charge is 0.249 e. The molecule has 0 saturated heterocycles. The normalized spacial score (nSPS) is 11.8. The standard InChI is InChI=1S/C25H24FN5O3/c1-34-16-15-27-25(33)24(18-11-13-19(26)14-12-18)31(20-7-3-2-4-8-20)23(32)17-30-22-10-6-5-9-21(22)28-29-30/h2-14,24H,15-17H2,1H3,(H,27,33)/t24-/m1/s1. The molecule has 4 aromatic rings. The molecule has 1 atom stereocenters. The van der Waals surface area contributed by atoms with Crippen molar-refractivity contribution in [3.05, 3.63) is 90.2 Å². The molecule has 4 rings (SSSR count). The van der Waals surface area contributed by atoms with Gasteiger partial charge in [-0.1, -0.05) is 47.7 Å². The lowest BCUT2D eigenvalue weighted by Gasteiger charge is -2.31. The molecule has 9 heteroatoms. The summed E-state index contributed by atoms with van der Waals surface area (Å²) in [5.74, 6) is -1.23. The van der Waals surface area contributed by atoms with E-state index < -0.39 is 17.8 Å². The zero-order valence-electron chi connectivity index (χ0n) is 18.6. The third-order valence-corrected chi connectivity index (χ3v) is 5.31. The Morgan fingerprint density at radius 1 is 1.03 bits per heavy atom. The van der Waals surface area contributed by atoms with Crippen LogP contribution in [0.5, 0.6) is 0 Å². The van der Waals surface area contributed by atoms with Gasteiger partial charge in [-0.15, -0.1) is 5.10 Å². The number of rotatable bonds is 9. The maximum atomic E-state index is 13.7. The molecule has 0 aliphatic carbocycles. The van der Waals surface area contributed by atoms with Crippen molar-refractivity contribution in [3.63, 3.8) is 0 Å². The van der Waals surface area contributed by atoms with Crippen LogP contribution in [0.2, 0.25) is 0 Å². The van der Waals surface area contributed by atoms with Crippen LogP contribution in [0.4, 0.5) is 10.1 Å². The van der Waals surface area contributed by atoms with Crippen LogP contribution in [0, 0.1) is 5.82 Å². The van der Waals surface area contributed by atoms with Crippen LogP contribution in [0.1, 0.15) is 11.6 Å². The lowest BCUT2D eigenvalue weighted by atomic mass is 10.0. The Hall–Kier alpha value is -4.11. The molecule has 1 aromatic heterocycles. The van der Waals surface area contributed by atoms with E-state index in [1.165, 1.54) is 41.0 Å². The number of methoxy groups -OCH3 is 1. The number of benzene rings is 3. The first-order valence-electron chi connectivity index (χ1n) is 10.8. The molecule has 1 heterocycles. The van der Waals surface area contributed by atoms with E-state index in [0.29, 0.717) is 28.9 Å². The number of ether oxygens (including phenoxy) is 1. The van der Waals surface area contributed by atoms with E-state index in [1.54, 1.807) is 24.3 Å². The van der Waals surface area contributed by atoms with Crippen molar-refractivity contribution >= 4 is 28.5 Å². The first-order valence-corrected chi connectivity index (χ1v) is 10.8. The summed E-state index contributed by atoms with van der Waals surface area (Å²) < 4.78 is 20.2. The van der Waals surface area contributed by atoms with Crippen molar-refractivity contribution < 1.29 is 18.7 Å². The summed E-state index contributed by atoms with van der Waals surface area (Å²) in [5, 5.41) is 11.0. The van der Waals surface area contributed by atoms with Gasteiger partial charge in [-0.05, 0) is 42.0 Å². The molecule has 2 amide bonds. The summed E-state index contributed by atoms with van der Waals surface area (Å²) in [6, 6.07) is 20.7. The lowest BCUT2D eigenvalue weighted by Crippen LogP contribution is -2.46. The molecule has 0 radical (unpaired) electrons. The zero-order valence-corrected chi connectivity index (χ0v) is 18.6. The van der Waals surface area contributed by atoms with Gasteiger partial charge in [0.2, 0.25) is 11.8 Å². The molecule has 0 aliphatic rings. The van der Waals surface area contributed by atoms with Gasteiger partial charge in [-0.3, -0.25) is 14.5 Å². The number of nitrogens with one attached hydrogen (secondary N) is 1. The van der Waals surface area contributed by atoms with Gasteiger partial charge in [0.25, 0.3) is 0 Å². The van der Waals surface area contributed by atoms with Gasteiger partial charge in [-0.25, -0.2) is 9.07 Å². The van der Waals surface area contributed by atoms with Crippen molar-refractivity contribution in [2.45, 2.75) is 12.6 Å². The number of para-hydroxylation sites is 2. The lowest BCUT2D eigenvalue weighted by molar-refractivity contribution is -0.127. The molecule has 0 spiro atoms. The molecule has 174 valence electrons. The highest BCUT2D eigenvalue weighted by atomic mass is 19.1. The molecule has 0 aliphatic heterocycles. The molecule has 0 saturated carbocycles. The summed E-state index contributed by atoms with van der Waals surface area (Å²) in [6.07, 6.45) is 0. The minimum atomic E-state index is -1.04. The molecule has 8 nitrogen and oxygen atoms in total. The van der Waals surface area contributed by atoms with Crippen LogP contribution in [0.15, 0.2) is 78.9 Å². The van der Waals surface area contributed by atoms with Gasteiger partial charge in [0.15, 0.2) is 0 Å². The first-order chi connectivity index (χ1) is 16.6. The molecule has 0 unspecified atom stereocenters. The predicted octanol–water partition coefficient (Wildman–Crippen LogP) is 3.11. The second-order valence-electron chi connectivity index (χ2n) is 7.57. The number of carbonyl (C=O) groups is 2. The monoisotopic (exact) mass is 461 g/mol. The number of aromatic nitrogens is 3. The number of hydrogen-bond acceptors (Lipinski definition) is 5. The van der Waals surface area contributed by atoms with Crippen molar-refractivity contribution in [1.82, 2.24) is 20.3 Å². The summed E-state index contributed by atoms with van der Waals surface area (Å²) in [6.45, 7) is 0.433.